The molecular formula is C68H81BN2. The van der Waals surface area contributed by atoms with Gasteiger partial charge < -0.3 is 9.80 Å². The lowest BCUT2D eigenvalue weighted by atomic mass is 9.32. The lowest BCUT2D eigenvalue weighted by molar-refractivity contribution is 0.332. The Morgan fingerprint density at radius 2 is 0.789 bits per heavy atom. The highest BCUT2D eigenvalue weighted by Crippen LogP contribution is 2.56. The minimum Gasteiger partial charge on any atom is -0.311 e. The number of rotatable bonds is 2. The Morgan fingerprint density at radius 1 is 0.380 bits per heavy atom. The average molecular weight is 937 g/mol. The van der Waals surface area contributed by atoms with Gasteiger partial charge in [0.1, 0.15) is 0 Å². The molecule has 0 fully saturated rings. The third-order valence-corrected chi connectivity index (χ3v) is 20.0. The molecule has 6 aromatic carbocycles. The molecule has 0 saturated carbocycles. The van der Waals surface area contributed by atoms with Gasteiger partial charge in [-0.05, 0) is 215 Å². The number of hydrogen-bond acceptors (Lipinski definition) is 2. The van der Waals surface area contributed by atoms with E-state index in [0.717, 1.165) is 0 Å². The fourth-order valence-electron chi connectivity index (χ4n) is 14.9. The molecule has 6 aliphatic rings. The van der Waals surface area contributed by atoms with Crippen LogP contribution in [0.5, 0.6) is 0 Å². The van der Waals surface area contributed by atoms with Crippen LogP contribution in [0.15, 0.2) is 91.0 Å². The first-order valence-electron chi connectivity index (χ1n) is 27.5. The topological polar surface area (TPSA) is 6.48 Å². The first kappa shape index (κ1) is 47.0. The standard InChI is InChI=1S/C68H81BN2/c1-40-31-58-60-59(32-40)71(43-21-24-47-49(35-43)63(7,8)26-25-62(47,5)6)57-39-53-51(65(11,12)28-30-67(53,15)16)37-55(57)69(60)54-36-50-52(66(13,14)29-27-64(50,9)10)38-56(54)70(58)42-20-23-46-45(34-42)44-22-19-41(61(2,3)4)33-48(44)68(46,17)18/h19-24,31-39H,25-30H2,1-18H3. The summed E-state index contributed by atoms with van der Waals surface area (Å²) in [4.78, 5) is 5.45. The van der Waals surface area contributed by atoms with Crippen LogP contribution in [-0.4, -0.2) is 6.71 Å². The third kappa shape index (κ3) is 6.64. The Balaban J connectivity index is 1.19. The first-order chi connectivity index (χ1) is 32.9. The predicted octanol–water partition coefficient (Wildman–Crippen LogP) is 16.7. The number of benzene rings is 6. The van der Waals surface area contributed by atoms with E-state index in [1.54, 1.807) is 0 Å². The zero-order valence-corrected chi connectivity index (χ0v) is 46.9. The lowest BCUT2D eigenvalue weighted by Crippen LogP contribution is -2.62. The summed E-state index contributed by atoms with van der Waals surface area (Å²) in [5.41, 5.74) is 30.1. The second-order valence-electron chi connectivity index (χ2n) is 29.1. The Labute approximate surface area is 429 Å². The molecular weight excluding hydrogens is 856 g/mol. The van der Waals surface area contributed by atoms with Crippen molar-refractivity contribution in [3.8, 4) is 11.1 Å². The summed E-state index contributed by atoms with van der Waals surface area (Å²) in [6.07, 6.45) is 7.14. The molecule has 2 aliphatic heterocycles. The smallest absolute Gasteiger partial charge is 0.252 e. The Bertz CT molecular complexity index is 3300. The van der Waals surface area contributed by atoms with Gasteiger partial charge in [-0.1, -0.05) is 160 Å². The van der Waals surface area contributed by atoms with Gasteiger partial charge in [0.15, 0.2) is 0 Å². The zero-order valence-electron chi connectivity index (χ0n) is 46.9. The van der Waals surface area contributed by atoms with Crippen molar-refractivity contribution in [1.29, 1.82) is 0 Å². The quantitative estimate of drug-likeness (QED) is 0.159. The maximum Gasteiger partial charge on any atom is 0.252 e. The van der Waals surface area contributed by atoms with Crippen molar-refractivity contribution < 1.29 is 0 Å². The van der Waals surface area contributed by atoms with Crippen molar-refractivity contribution >= 4 is 57.2 Å². The fourth-order valence-corrected chi connectivity index (χ4v) is 14.9. The van der Waals surface area contributed by atoms with Crippen LogP contribution >= 0.6 is 0 Å². The van der Waals surface area contributed by atoms with Gasteiger partial charge in [-0.25, -0.2) is 0 Å². The molecule has 71 heavy (non-hydrogen) atoms. The fraction of sp³-hybridized carbons (Fsp3) is 0.471. The van der Waals surface area contributed by atoms with Crippen molar-refractivity contribution in [3.63, 3.8) is 0 Å². The molecule has 0 radical (unpaired) electrons. The van der Waals surface area contributed by atoms with Crippen molar-refractivity contribution in [3.05, 3.63) is 147 Å². The molecule has 0 atom stereocenters. The van der Waals surface area contributed by atoms with Gasteiger partial charge in [0.05, 0.1) is 0 Å². The molecule has 6 aromatic rings. The molecule has 0 saturated heterocycles. The van der Waals surface area contributed by atoms with Crippen molar-refractivity contribution in [1.82, 2.24) is 0 Å². The summed E-state index contributed by atoms with van der Waals surface area (Å²) in [5, 5.41) is 0. The van der Waals surface area contributed by atoms with Gasteiger partial charge in [0.2, 0.25) is 0 Å². The van der Waals surface area contributed by atoms with E-state index in [1.165, 1.54) is 156 Å². The molecule has 2 nitrogen and oxygen atoms in total. The monoisotopic (exact) mass is 937 g/mol. The SMILES string of the molecule is Cc1cc2c3c(c1)N(c1ccc4c(c1)C(C)(C)CCC4(C)C)c1cc4c(cc1B3c1cc3c(cc1N2c1ccc2c(c1)-c1ccc(C(C)(C)C)cc1C2(C)C)C(C)(C)CCC3(C)C)C(C)(C)CCC4(C)C. The molecule has 12 rings (SSSR count). The van der Waals surface area contributed by atoms with Crippen LogP contribution in [0.2, 0.25) is 0 Å². The highest BCUT2D eigenvalue weighted by atomic mass is 15.2. The number of fused-ring (bicyclic) bond motifs is 10. The molecule has 4 aliphatic carbocycles. The van der Waals surface area contributed by atoms with Gasteiger partial charge in [0.25, 0.3) is 6.71 Å². The van der Waals surface area contributed by atoms with Gasteiger partial charge >= 0.3 is 0 Å². The largest absolute Gasteiger partial charge is 0.311 e. The summed E-state index contributed by atoms with van der Waals surface area (Å²) >= 11 is 0. The van der Waals surface area contributed by atoms with Crippen LogP contribution in [-0.2, 0) is 43.3 Å². The van der Waals surface area contributed by atoms with E-state index in [2.05, 4.69) is 225 Å². The van der Waals surface area contributed by atoms with Gasteiger partial charge in [0, 0.05) is 39.5 Å². The molecule has 0 unspecified atom stereocenters. The van der Waals surface area contributed by atoms with Crippen LogP contribution in [0.4, 0.5) is 34.1 Å². The highest BCUT2D eigenvalue weighted by Gasteiger charge is 2.49. The van der Waals surface area contributed by atoms with Crippen LogP contribution in [0, 0.1) is 6.92 Å². The van der Waals surface area contributed by atoms with E-state index < -0.39 is 0 Å². The normalized spacial score (nSPS) is 21.5. The Hall–Kier alpha value is -5.02. The summed E-state index contributed by atoms with van der Waals surface area (Å²) in [6, 6.07) is 38.4. The number of aryl methyl sites for hydroxylation is 1. The molecule has 0 N–H and O–H groups in total. The van der Waals surface area contributed by atoms with Crippen LogP contribution < -0.4 is 26.2 Å². The minimum absolute atomic E-state index is 0.0556. The van der Waals surface area contributed by atoms with Gasteiger partial charge in [-0.15, -0.1) is 0 Å². The second-order valence-corrected chi connectivity index (χ2v) is 29.1. The van der Waals surface area contributed by atoms with E-state index in [1.807, 2.05) is 0 Å². The molecule has 0 amide bonds. The summed E-state index contributed by atoms with van der Waals surface area (Å²) in [7, 11) is 0. The Morgan fingerprint density at radius 3 is 1.25 bits per heavy atom. The van der Waals surface area contributed by atoms with Crippen molar-refractivity contribution in [2.24, 2.45) is 0 Å². The maximum atomic E-state index is 2.73. The molecule has 3 heteroatoms. The predicted molar refractivity (Wildman–Crippen MR) is 307 cm³/mol. The van der Waals surface area contributed by atoms with Crippen LogP contribution in [0.25, 0.3) is 11.1 Å². The van der Waals surface area contributed by atoms with E-state index >= 15 is 0 Å². The van der Waals surface area contributed by atoms with Crippen LogP contribution in [0.3, 0.4) is 0 Å². The van der Waals surface area contributed by atoms with Crippen molar-refractivity contribution in [2.45, 2.75) is 206 Å². The molecule has 2 heterocycles. The molecule has 366 valence electrons. The number of hydrogen-bond donors (Lipinski definition) is 0. The number of nitrogens with zero attached hydrogens (tertiary/aromatic N) is 2. The van der Waals surface area contributed by atoms with Crippen molar-refractivity contribution in [2.75, 3.05) is 9.80 Å². The second kappa shape index (κ2) is 14.4. The van der Waals surface area contributed by atoms with E-state index in [9.17, 15) is 0 Å². The summed E-state index contributed by atoms with van der Waals surface area (Å²) in [6.45, 7) is 44.3. The molecule has 0 bridgehead atoms. The van der Waals surface area contributed by atoms with E-state index in [-0.39, 0.29) is 50.0 Å². The van der Waals surface area contributed by atoms with E-state index in [4.69, 9.17) is 0 Å². The molecule has 0 spiro atoms. The minimum atomic E-state index is -0.100. The zero-order chi connectivity index (χ0) is 50.7. The first-order valence-corrected chi connectivity index (χ1v) is 27.5. The Kier molecular flexibility index (Phi) is 9.53. The molecule has 0 aromatic heterocycles. The summed E-state index contributed by atoms with van der Waals surface area (Å²) < 4.78 is 0. The highest BCUT2D eigenvalue weighted by molar-refractivity contribution is 7.00. The number of anilines is 6. The maximum absolute atomic E-state index is 2.73. The van der Waals surface area contributed by atoms with E-state index in [0.29, 0.717) is 0 Å². The lowest BCUT2D eigenvalue weighted by Gasteiger charge is -2.49. The average Bonchev–Trinajstić information content (AvgIpc) is 3.51. The summed E-state index contributed by atoms with van der Waals surface area (Å²) in [5.74, 6) is 0. The van der Waals surface area contributed by atoms with Gasteiger partial charge in [-0.3, -0.25) is 0 Å². The van der Waals surface area contributed by atoms with Gasteiger partial charge in [-0.2, -0.15) is 0 Å². The van der Waals surface area contributed by atoms with Crippen LogP contribution in [0.1, 0.15) is 212 Å². The third-order valence-electron chi connectivity index (χ3n) is 20.0.